The van der Waals surface area contributed by atoms with Crippen LogP contribution < -0.4 is 5.32 Å². The zero-order valence-corrected chi connectivity index (χ0v) is 10.1. The number of carboxylic acids is 1. The molecule has 6 nitrogen and oxygen atoms in total. The fourth-order valence-electron chi connectivity index (χ4n) is 1.70. The van der Waals surface area contributed by atoms with E-state index in [4.69, 9.17) is 14.6 Å². The first-order valence-corrected chi connectivity index (χ1v) is 5.82. The van der Waals surface area contributed by atoms with Gasteiger partial charge in [-0.1, -0.05) is 0 Å². The molecule has 1 heterocycles. The molecule has 1 aliphatic rings. The van der Waals surface area contributed by atoms with E-state index in [1.165, 1.54) is 0 Å². The fraction of sp³-hybridized carbons (Fsp3) is 0.818. The van der Waals surface area contributed by atoms with Gasteiger partial charge in [0.1, 0.15) is 6.04 Å². The average molecular weight is 245 g/mol. The number of nitrogens with one attached hydrogen (secondary N) is 1. The van der Waals surface area contributed by atoms with Crippen molar-refractivity contribution in [1.29, 1.82) is 0 Å². The number of carboxylic acid groups (broad SMARTS) is 1. The number of carbonyl (C=O) groups is 2. The molecule has 2 N–H and O–H groups in total. The van der Waals surface area contributed by atoms with Crippen LogP contribution in [-0.4, -0.2) is 48.4 Å². The Kier molecular flexibility index (Phi) is 5.37. The topological polar surface area (TPSA) is 84.9 Å². The van der Waals surface area contributed by atoms with Crippen LogP contribution >= 0.6 is 0 Å². The molecular formula is C11H19NO5. The third-order valence-electron chi connectivity index (χ3n) is 2.67. The standard InChI is InChI=1S/C11H19NO5/c1-3-16-11(15)7(2)12-6-8-4-5-9(17-8)10(13)14/h7-9,12H,3-6H2,1-2H3,(H,13,14). The molecule has 1 saturated heterocycles. The molecule has 98 valence electrons. The van der Waals surface area contributed by atoms with E-state index in [0.717, 1.165) is 0 Å². The van der Waals surface area contributed by atoms with E-state index in [9.17, 15) is 9.59 Å². The van der Waals surface area contributed by atoms with Gasteiger partial charge in [0.15, 0.2) is 6.10 Å². The Hall–Kier alpha value is -1.14. The van der Waals surface area contributed by atoms with Gasteiger partial charge in [-0.15, -0.1) is 0 Å². The van der Waals surface area contributed by atoms with Crippen molar-refractivity contribution in [3.8, 4) is 0 Å². The predicted octanol–water partition coefficient (Wildman–Crippen LogP) is 0.160. The highest BCUT2D eigenvalue weighted by Crippen LogP contribution is 2.19. The number of carbonyl (C=O) groups excluding carboxylic acids is 1. The normalized spacial score (nSPS) is 25.5. The van der Waals surface area contributed by atoms with Crippen LogP contribution in [0.1, 0.15) is 26.7 Å². The Morgan fingerprint density at radius 3 is 2.76 bits per heavy atom. The zero-order chi connectivity index (χ0) is 12.8. The molecule has 6 heteroatoms. The van der Waals surface area contributed by atoms with Crippen molar-refractivity contribution in [1.82, 2.24) is 5.32 Å². The Morgan fingerprint density at radius 2 is 2.24 bits per heavy atom. The second-order valence-corrected chi connectivity index (χ2v) is 4.04. The van der Waals surface area contributed by atoms with Gasteiger partial charge in [-0.25, -0.2) is 4.79 Å². The number of hydrogen-bond acceptors (Lipinski definition) is 5. The van der Waals surface area contributed by atoms with Crippen molar-refractivity contribution < 1.29 is 24.2 Å². The lowest BCUT2D eigenvalue weighted by molar-refractivity contribution is -0.150. The Balaban J connectivity index is 2.23. The van der Waals surface area contributed by atoms with E-state index in [-0.39, 0.29) is 12.1 Å². The minimum Gasteiger partial charge on any atom is -0.479 e. The number of aliphatic carboxylic acids is 1. The van der Waals surface area contributed by atoms with Gasteiger partial charge in [0, 0.05) is 6.54 Å². The minimum absolute atomic E-state index is 0.145. The molecule has 0 bridgehead atoms. The smallest absolute Gasteiger partial charge is 0.332 e. The summed E-state index contributed by atoms with van der Waals surface area (Å²) in [6, 6.07) is -0.401. The molecule has 1 aliphatic heterocycles. The molecule has 3 atom stereocenters. The quantitative estimate of drug-likeness (QED) is 0.648. The van der Waals surface area contributed by atoms with Crippen LogP contribution in [0.3, 0.4) is 0 Å². The molecule has 1 fully saturated rings. The maximum atomic E-state index is 11.3. The second-order valence-electron chi connectivity index (χ2n) is 4.04. The van der Waals surface area contributed by atoms with Crippen LogP contribution in [0.15, 0.2) is 0 Å². The number of esters is 1. The van der Waals surface area contributed by atoms with E-state index < -0.39 is 18.1 Å². The molecule has 0 aromatic carbocycles. The maximum Gasteiger partial charge on any atom is 0.332 e. The van der Waals surface area contributed by atoms with Crippen molar-refractivity contribution in [2.75, 3.05) is 13.2 Å². The Bertz CT molecular complexity index is 281. The van der Waals surface area contributed by atoms with Crippen LogP contribution in [0.5, 0.6) is 0 Å². The summed E-state index contributed by atoms with van der Waals surface area (Å²) in [6.45, 7) is 4.28. The summed E-state index contributed by atoms with van der Waals surface area (Å²) in [5.74, 6) is -1.23. The van der Waals surface area contributed by atoms with Gasteiger partial charge in [-0.3, -0.25) is 4.79 Å². The molecule has 17 heavy (non-hydrogen) atoms. The third kappa shape index (κ3) is 4.32. The van der Waals surface area contributed by atoms with Crippen LogP contribution in [0, 0.1) is 0 Å². The lowest BCUT2D eigenvalue weighted by Gasteiger charge is -2.16. The Labute approximate surface area is 100 Å². The summed E-state index contributed by atoms with van der Waals surface area (Å²) in [5, 5.41) is 11.7. The van der Waals surface area contributed by atoms with Gasteiger partial charge in [0.25, 0.3) is 0 Å². The highest BCUT2D eigenvalue weighted by Gasteiger charge is 2.30. The predicted molar refractivity (Wildman–Crippen MR) is 59.6 cm³/mol. The first-order valence-electron chi connectivity index (χ1n) is 5.82. The van der Waals surface area contributed by atoms with E-state index in [0.29, 0.717) is 26.0 Å². The van der Waals surface area contributed by atoms with Crippen molar-refractivity contribution in [2.24, 2.45) is 0 Å². The minimum atomic E-state index is -0.925. The zero-order valence-electron chi connectivity index (χ0n) is 10.1. The molecule has 0 aromatic heterocycles. The summed E-state index contributed by atoms with van der Waals surface area (Å²) in [6.07, 6.45) is 0.363. The van der Waals surface area contributed by atoms with Crippen molar-refractivity contribution in [3.05, 3.63) is 0 Å². The van der Waals surface area contributed by atoms with Gasteiger partial charge in [-0.05, 0) is 26.7 Å². The lowest BCUT2D eigenvalue weighted by atomic mass is 10.2. The fourth-order valence-corrected chi connectivity index (χ4v) is 1.70. The van der Waals surface area contributed by atoms with E-state index >= 15 is 0 Å². The van der Waals surface area contributed by atoms with Gasteiger partial charge in [0.2, 0.25) is 0 Å². The van der Waals surface area contributed by atoms with Gasteiger partial charge < -0.3 is 19.9 Å². The summed E-state index contributed by atoms with van der Waals surface area (Å²) in [7, 11) is 0. The number of hydrogen-bond donors (Lipinski definition) is 2. The van der Waals surface area contributed by atoms with Crippen molar-refractivity contribution in [2.45, 2.75) is 44.9 Å². The molecule has 1 rings (SSSR count). The van der Waals surface area contributed by atoms with Crippen molar-refractivity contribution in [3.63, 3.8) is 0 Å². The van der Waals surface area contributed by atoms with E-state index in [1.807, 2.05) is 0 Å². The molecule has 0 aliphatic carbocycles. The summed E-state index contributed by atoms with van der Waals surface area (Å²) in [5.41, 5.74) is 0. The molecule has 3 unspecified atom stereocenters. The summed E-state index contributed by atoms with van der Waals surface area (Å²) < 4.78 is 10.1. The number of rotatable bonds is 6. The van der Waals surface area contributed by atoms with E-state index in [2.05, 4.69) is 5.32 Å². The van der Waals surface area contributed by atoms with Crippen LogP contribution in [0.25, 0.3) is 0 Å². The average Bonchev–Trinajstić information content (AvgIpc) is 2.75. The molecule has 0 aromatic rings. The van der Waals surface area contributed by atoms with Gasteiger partial charge >= 0.3 is 11.9 Å². The molecule has 0 amide bonds. The monoisotopic (exact) mass is 245 g/mol. The molecule has 0 saturated carbocycles. The lowest BCUT2D eigenvalue weighted by Crippen LogP contribution is -2.40. The summed E-state index contributed by atoms with van der Waals surface area (Å²) >= 11 is 0. The third-order valence-corrected chi connectivity index (χ3v) is 2.67. The number of ether oxygens (including phenoxy) is 2. The van der Waals surface area contributed by atoms with E-state index in [1.54, 1.807) is 13.8 Å². The SMILES string of the molecule is CCOC(=O)C(C)NCC1CCC(C(=O)O)O1. The highest BCUT2D eigenvalue weighted by molar-refractivity contribution is 5.75. The van der Waals surface area contributed by atoms with Crippen LogP contribution in [0.4, 0.5) is 0 Å². The van der Waals surface area contributed by atoms with Crippen LogP contribution in [0.2, 0.25) is 0 Å². The molecular weight excluding hydrogens is 226 g/mol. The summed E-state index contributed by atoms with van der Waals surface area (Å²) in [4.78, 5) is 22.0. The second kappa shape index (κ2) is 6.56. The Morgan fingerprint density at radius 1 is 1.53 bits per heavy atom. The first-order chi connectivity index (χ1) is 8.04. The van der Waals surface area contributed by atoms with Crippen LogP contribution in [-0.2, 0) is 19.1 Å². The van der Waals surface area contributed by atoms with Gasteiger partial charge in [-0.2, -0.15) is 0 Å². The highest BCUT2D eigenvalue weighted by atomic mass is 16.5. The van der Waals surface area contributed by atoms with Gasteiger partial charge in [0.05, 0.1) is 12.7 Å². The maximum absolute atomic E-state index is 11.3. The molecule has 0 spiro atoms. The largest absolute Gasteiger partial charge is 0.479 e. The first kappa shape index (κ1) is 13.9. The molecule has 0 radical (unpaired) electrons. The van der Waals surface area contributed by atoms with Crippen molar-refractivity contribution >= 4 is 11.9 Å².